The first-order valence-corrected chi connectivity index (χ1v) is 12.1. The number of aryl methyl sites for hydroxylation is 3. The van der Waals surface area contributed by atoms with Crippen LogP contribution in [-0.4, -0.2) is 28.9 Å². The fourth-order valence-corrected chi connectivity index (χ4v) is 4.46. The van der Waals surface area contributed by atoms with Crippen LogP contribution in [-0.2, 0) is 16.6 Å². The van der Waals surface area contributed by atoms with Crippen LogP contribution < -0.4 is 10.0 Å². The Kier molecular flexibility index (Phi) is 6.47. The zero-order valence-corrected chi connectivity index (χ0v) is 19.9. The maximum absolute atomic E-state index is 12.7. The molecule has 0 fully saturated rings. The molecular weight excluding hydrogens is 450 g/mol. The van der Waals surface area contributed by atoms with Crippen LogP contribution in [0.15, 0.2) is 78.1 Å². The maximum atomic E-state index is 12.7. The lowest BCUT2D eigenvalue weighted by molar-refractivity contribution is 0.0950. The van der Waals surface area contributed by atoms with Crippen molar-refractivity contribution in [3.05, 3.63) is 101 Å². The number of pyridine rings is 1. The highest BCUT2D eigenvalue weighted by Crippen LogP contribution is 2.19. The molecule has 2 aromatic heterocycles. The van der Waals surface area contributed by atoms with Crippen molar-refractivity contribution < 1.29 is 13.2 Å². The largest absolute Gasteiger partial charge is 0.348 e. The number of anilines is 1. The Morgan fingerprint density at radius 2 is 1.68 bits per heavy atom. The lowest BCUT2D eigenvalue weighted by atomic mass is 10.1. The van der Waals surface area contributed by atoms with Gasteiger partial charge in [-0.05, 0) is 86.0 Å². The highest BCUT2D eigenvalue weighted by atomic mass is 32.2. The molecule has 8 nitrogen and oxygen atoms in total. The molecule has 0 saturated heterocycles. The number of benzene rings is 2. The molecule has 0 aliphatic rings. The van der Waals surface area contributed by atoms with Crippen LogP contribution >= 0.6 is 0 Å². The molecular formula is C25H25N5O3S. The Hall–Kier alpha value is -3.98. The van der Waals surface area contributed by atoms with E-state index in [1.54, 1.807) is 24.5 Å². The second-order valence-electron chi connectivity index (χ2n) is 7.98. The van der Waals surface area contributed by atoms with Crippen LogP contribution in [0.3, 0.4) is 0 Å². The van der Waals surface area contributed by atoms with Gasteiger partial charge in [0.25, 0.3) is 15.9 Å². The summed E-state index contributed by atoms with van der Waals surface area (Å²) in [6.07, 6.45) is 5.20. The molecule has 0 unspecified atom stereocenters. The SMILES string of the molecule is Cc1ccc(NS(=O)(=O)c2ccc(C(=O)NCc3ccnc(-n4ccnc4C)c3)cc2)cc1C. The molecule has 2 aromatic carbocycles. The van der Waals surface area contributed by atoms with E-state index in [2.05, 4.69) is 20.0 Å². The summed E-state index contributed by atoms with van der Waals surface area (Å²) in [6, 6.07) is 14.9. The van der Waals surface area contributed by atoms with E-state index in [9.17, 15) is 13.2 Å². The van der Waals surface area contributed by atoms with E-state index in [0.29, 0.717) is 23.6 Å². The van der Waals surface area contributed by atoms with Crippen molar-refractivity contribution in [1.82, 2.24) is 19.9 Å². The lowest BCUT2D eigenvalue weighted by Crippen LogP contribution is -2.23. The van der Waals surface area contributed by atoms with Gasteiger partial charge in [0, 0.05) is 36.4 Å². The maximum Gasteiger partial charge on any atom is 0.261 e. The Morgan fingerprint density at radius 1 is 0.912 bits per heavy atom. The molecule has 2 N–H and O–H groups in total. The predicted octanol–water partition coefficient (Wildman–Crippen LogP) is 3.92. The number of nitrogens with zero attached hydrogens (tertiary/aromatic N) is 3. The smallest absolute Gasteiger partial charge is 0.261 e. The molecule has 0 spiro atoms. The predicted molar refractivity (Wildman–Crippen MR) is 130 cm³/mol. The van der Waals surface area contributed by atoms with Crippen molar-refractivity contribution in [1.29, 1.82) is 0 Å². The number of amides is 1. The van der Waals surface area contributed by atoms with E-state index in [1.807, 2.05) is 49.7 Å². The van der Waals surface area contributed by atoms with E-state index in [4.69, 9.17) is 0 Å². The van der Waals surface area contributed by atoms with E-state index in [-0.39, 0.29) is 10.8 Å². The topological polar surface area (TPSA) is 106 Å². The summed E-state index contributed by atoms with van der Waals surface area (Å²) in [7, 11) is -3.77. The van der Waals surface area contributed by atoms with Crippen molar-refractivity contribution in [2.24, 2.45) is 0 Å². The number of hydrogen-bond donors (Lipinski definition) is 2. The zero-order valence-electron chi connectivity index (χ0n) is 19.1. The van der Waals surface area contributed by atoms with Crippen molar-refractivity contribution in [3.8, 4) is 5.82 Å². The van der Waals surface area contributed by atoms with E-state index in [0.717, 1.165) is 22.5 Å². The summed E-state index contributed by atoms with van der Waals surface area (Å²) in [4.78, 5) is 21.2. The fourth-order valence-electron chi connectivity index (χ4n) is 3.41. The summed E-state index contributed by atoms with van der Waals surface area (Å²) in [6.45, 7) is 6.07. The van der Waals surface area contributed by atoms with Crippen LogP contribution in [0.4, 0.5) is 5.69 Å². The molecule has 174 valence electrons. The van der Waals surface area contributed by atoms with E-state index >= 15 is 0 Å². The van der Waals surface area contributed by atoms with Crippen LogP contribution in [0.2, 0.25) is 0 Å². The summed E-state index contributed by atoms with van der Waals surface area (Å²) in [5.74, 6) is 1.23. The number of hydrogen-bond acceptors (Lipinski definition) is 5. The third kappa shape index (κ3) is 5.15. The van der Waals surface area contributed by atoms with Gasteiger partial charge >= 0.3 is 0 Å². The van der Waals surface area contributed by atoms with Gasteiger partial charge in [-0.25, -0.2) is 18.4 Å². The minimum Gasteiger partial charge on any atom is -0.348 e. The second-order valence-corrected chi connectivity index (χ2v) is 9.66. The number of carbonyl (C=O) groups excluding carboxylic acids is 1. The van der Waals surface area contributed by atoms with Gasteiger partial charge in [-0.3, -0.25) is 14.1 Å². The van der Waals surface area contributed by atoms with Gasteiger partial charge in [0.15, 0.2) is 0 Å². The fraction of sp³-hybridized carbons (Fsp3) is 0.160. The molecule has 2 heterocycles. The van der Waals surface area contributed by atoms with Gasteiger partial charge in [0.2, 0.25) is 0 Å². The third-order valence-corrected chi connectivity index (χ3v) is 6.92. The van der Waals surface area contributed by atoms with Crippen molar-refractivity contribution in [2.75, 3.05) is 4.72 Å². The molecule has 4 rings (SSSR count). The average molecular weight is 476 g/mol. The molecule has 4 aromatic rings. The first-order valence-electron chi connectivity index (χ1n) is 10.7. The number of imidazole rings is 1. The third-order valence-electron chi connectivity index (χ3n) is 5.52. The monoisotopic (exact) mass is 475 g/mol. The molecule has 0 radical (unpaired) electrons. The molecule has 0 saturated carbocycles. The molecule has 0 aliphatic heterocycles. The van der Waals surface area contributed by atoms with Crippen molar-refractivity contribution in [3.63, 3.8) is 0 Å². The summed E-state index contributed by atoms with van der Waals surface area (Å²) in [5, 5.41) is 2.86. The standard InChI is InChI=1S/C25H25N5O3S/c1-17-4-7-22(14-18(17)2)29-34(32,33)23-8-5-21(6-9-23)25(31)28-16-20-10-11-27-24(15-20)30-13-12-26-19(30)3/h4-15,29H,16H2,1-3H3,(H,28,31). The lowest BCUT2D eigenvalue weighted by Gasteiger charge is -2.11. The van der Waals surface area contributed by atoms with Crippen LogP contribution in [0.5, 0.6) is 0 Å². The van der Waals surface area contributed by atoms with E-state index < -0.39 is 10.0 Å². The number of aromatic nitrogens is 3. The van der Waals surface area contributed by atoms with Gasteiger partial charge < -0.3 is 5.32 Å². The van der Waals surface area contributed by atoms with E-state index in [1.165, 1.54) is 24.3 Å². The van der Waals surface area contributed by atoms with Gasteiger partial charge in [0.1, 0.15) is 11.6 Å². The van der Waals surface area contributed by atoms with Crippen molar-refractivity contribution in [2.45, 2.75) is 32.2 Å². The van der Waals surface area contributed by atoms with Gasteiger partial charge in [-0.15, -0.1) is 0 Å². The quantitative estimate of drug-likeness (QED) is 0.421. The molecule has 0 atom stereocenters. The van der Waals surface area contributed by atoms with Gasteiger partial charge in [-0.2, -0.15) is 0 Å². The second kappa shape index (κ2) is 9.48. The molecule has 1 amide bonds. The number of sulfonamides is 1. The van der Waals surface area contributed by atoms with Crippen LogP contribution in [0.1, 0.15) is 32.9 Å². The summed E-state index contributed by atoms with van der Waals surface area (Å²) >= 11 is 0. The van der Waals surface area contributed by atoms with Crippen molar-refractivity contribution >= 4 is 21.6 Å². The highest BCUT2D eigenvalue weighted by molar-refractivity contribution is 7.92. The molecule has 0 aliphatic carbocycles. The Morgan fingerprint density at radius 3 is 2.35 bits per heavy atom. The first kappa shape index (κ1) is 23.2. The molecule has 34 heavy (non-hydrogen) atoms. The van der Waals surface area contributed by atoms with Crippen LogP contribution in [0, 0.1) is 20.8 Å². The Bertz CT molecular complexity index is 1440. The Labute approximate surface area is 198 Å². The minimum atomic E-state index is -3.77. The number of carbonyl (C=O) groups is 1. The Balaban J connectivity index is 1.41. The zero-order chi connectivity index (χ0) is 24.3. The minimum absolute atomic E-state index is 0.0803. The highest BCUT2D eigenvalue weighted by Gasteiger charge is 2.16. The van der Waals surface area contributed by atoms with Gasteiger partial charge in [0.05, 0.1) is 4.90 Å². The van der Waals surface area contributed by atoms with Crippen LogP contribution in [0.25, 0.3) is 5.82 Å². The molecule has 0 bridgehead atoms. The average Bonchev–Trinajstić information content (AvgIpc) is 3.26. The molecule has 9 heteroatoms. The first-order chi connectivity index (χ1) is 16.2. The van der Waals surface area contributed by atoms with Gasteiger partial charge in [-0.1, -0.05) is 6.07 Å². The number of rotatable bonds is 7. The normalized spacial score (nSPS) is 11.3. The number of nitrogens with one attached hydrogen (secondary N) is 2. The summed E-state index contributed by atoms with van der Waals surface area (Å²) in [5.41, 5.74) is 3.81. The summed E-state index contributed by atoms with van der Waals surface area (Å²) < 4.78 is 29.9.